The van der Waals surface area contributed by atoms with Crippen LogP contribution in [0.25, 0.3) is 0 Å². The maximum atomic E-state index is 11.7. The van der Waals surface area contributed by atoms with Crippen LogP contribution in [-0.2, 0) is 25.6 Å². The van der Waals surface area contributed by atoms with Crippen LogP contribution in [0.1, 0.15) is 25.3 Å². The molecule has 1 saturated heterocycles. The predicted molar refractivity (Wildman–Crippen MR) is 99.8 cm³/mol. The molecule has 0 aromatic heterocycles. The largest absolute Gasteiger partial charge is 0.394 e. The number of amides is 1. The van der Waals surface area contributed by atoms with Crippen LogP contribution < -0.4 is 5.32 Å². The second-order valence-electron chi connectivity index (χ2n) is 6.51. The van der Waals surface area contributed by atoms with E-state index in [4.69, 9.17) is 14.2 Å². The monoisotopic (exact) mass is 379 g/mol. The van der Waals surface area contributed by atoms with Crippen molar-refractivity contribution in [3.63, 3.8) is 0 Å². The third-order valence-electron chi connectivity index (χ3n) is 4.34. The van der Waals surface area contributed by atoms with E-state index in [1.54, 1.807) is 6.08 Å². The average Bonchev–Trinajstić information content (AvgIpc) is 2.66. The number of nitrogens with one attached hydrogen (secondary N) is 1. The average molecular weight is 379 g/mol. The van der Waals surface area contributed by atoms with Gasteiger partial charge >= 0.3 is 0 Å². The number of benzene rings is 1. The van der Waals surface area contributed by atoms with Gasteiger partial charge in [-0.1, -0.05) is 36.4 Å². The summed E-state index contributed by atoms with van der Waals surface area (Å²) >= 11 is 0. The molecule has 0 unspecified atom stereocenters. The maximum Gasteiger partial charge on any atom is 0.217 e. The number of hydrogen-bond acceptors (Lipinski definition) is 6. The first-order valence-corrected chi connectivity index (χ1v) is 9.16. The predicted octanol–water partition coefficient (Wildman–Crippen LogP) is 1.14. The summed E-state index contributed by atoms with van der Waals surface area (Å²) in [6, 6.07) is 8.81. The summed E-state index contributed by atoms with van der Waals surface area (Å²) < 4.78 is 17.4. The molecule has 27 heavy (non-hydrogen) atoms. The summed E-state index contributed by atoms with van der Waals surface area (Å²) in [5.74, 6) is -0.286. The highest BCUT2D eigenvalue weighted by atomic mass is 16.7. The molecule has 1 amide bonds. The van der Waals surface area contributed by atoms with E-state index in [0.29, 0.717) is 6.61 Å². The number of unbranched alkanes of at least 4 members (excludes halogenated alkanes) is 1. The van der Waals surface area contributed by atoms with Gasteiger partial charge in [-0.3, -0.25) is 4.79 Å². The number of carbonyl (C=O) groups excluding carboxylic acids is 1. The summed E-state index contributed by atoms with van der Waals surface area (Å²) in [4.78, 5) is 11.7. The van der Waals surface area contributed by atoms with Gasteiger partial charge in [0, 0.05) is 6.92 Å². The second kappa shape index (κ2) is 11.2. The van der Waals surface area contributed by atoms with Gasteiger partial charge in [0.25, 0.3) is 0 Å². The van der Waals surface area contributed by atoms with Crippen molar-refractivity contribution in [1.82, 2.24) is 5.32 Å². The SMILES string of the molecule is C=CCCCO[C@@H]1O[C@H](CO)[C@@H](O)[C@H](OCc2ccccc2)[C@H]1NC(C)=O. The van der Waals surface area contributed by atoms with E-state index in [0.717, 1.165) is 18.4 Å². The van der Waals surface area contributed by atoms with Crippen molar-refractivity contribution in [2.24, 2.45) is 0 Å². The van der Waals surface area contributed by atoms with Crippen LogP contribution >= 0.6 is 0 Å². The van der Waals surface area contributed by atoms with E-state index in [9.17, 15) is 15.0 Å². The van der Waals surface area contributed by atoms with E-state index < -0.39 is 30.6 Å². The lowest BCUT2D eigenvalue weighted by Gasteiger charge is -2.44. The normalized spacial score (nSPS) is 27.9. The molecule has 5 atom stereocenters. The Labute approximate surface area is 159 Å². The first-order valence-electron chi connectivity index (χ1n) is 9.16. The molecule has 0 saturated carbocycles. The first kappa shape index (κ1) is 21.5. The number of aliphatic hydroxyl groups is 2. The minimum atomic E-state index is -1.11. The standard InChI is InChI=1S/C20H29NO6/c1-3-4-8-11-25-20-17(21-14(2)23)19(18(24)16(12-22)27-20)26-13-15-9-6-5-7-10-15/h3,5-7,9-10,16-20,22,24H,1,4,8,11-13H2,2H3,(H,21,23)/t16-,17-,18-,19-,20-/m1/s1. The number of aliphatic hydroxyl groups excluding tert-OH is 2. The molecule has 3 N–H and O–H groups in total. The van der Waals surface area contributed by atoms with Gasteiger partial charge in [-0.2, -0.15) is 0 Å². The molecular weight excluding hydrogens is 350 g/mol. The smallest absolute Gasteiger partial charge is 0.217 e. The van der Waals surface area contributed by atoms with Crippen LogP contribution in [0.4, 0.5) is 0 Å². The molecule has 150 valence electrons. The van der Waals surface area contributed by atoms with Gasteiger partial charge in [0.2, 0.25) is 5.91 Å². The second-order valence-corrected chi connectivity index (χ2v) is 6.51. The highest BCUT2D eigenvalue weighted by Crippen LogP contribution is 2.25. The van der Waals surface area contributed by atoms with Crippen molar-refractivity contribution in [1.29, 1.82) is 0 Å². The molecule has 2 rings (SSSR count). The van der Waals surface area contributed by atoms with E-state index >= 15 is 0 Å². The molecule has 0 radical (unpaired) electrons. The number of hydrogen-bond donors (Lipinski definition) is 3. The van der Waals surface area contributed by atoms with Gasteiger partial charge in [-0.15, -0.1) is 6.58 Å². The van der Waals surface area contributed by atoms with E-state index in [2.05, 4.69) is 11.9 Å². The molecule has 7 nitrogen and oxygen atoms in total. The molecule has 1 aromatic carbocycles. The van der Waals surface area contributed by atoms with E-state index in [-0.39, 0.29) is 19.1 Å². The first-order chi connectivity index (χ1) is 13.1. The van der Waals surface area contributed by atoms with Gasteiger partial charge in [-0.25, -0.2) is 0 Å². The molecule has 0 spiro atoms. The lowest BCUT2D eigenvalue weighted by atomic mass is 9.96. The quantitative estimate of drug-likeness (QED) is 0.417. The van der Waals surface area contributed by atoms with Crippen molar-refractivity contribution in [2.75, 3.05) is 13.2 Å². The molecule has 1 aliphatic rings. The van der Waals surface area contributed by atoms with Crippen LogP contribution in [0.2, 0.25) is 0 Å². The zero-order valence-electron chi connectivity index (χ0n) is 15.6. The molecule has 0 bridgehead atoms. The lowest BCUT2D eigenvalue weighted by molar-refractivity contribution is -0.278. The van der Waals surface area contributed by atoms with Crippen molar-refractivity contribution in [2.45, 2.75) is 57.0 Å². The van der Waals surface area contributed by atoms with Gasteiger partial charge in [0.1, 0.15) is 24.4 Å². The number of allylic oxidation sites excluding steroid dienone is 1. The minimum Gasteiger partial charge on any atom is -0.394 e. The fraction of sp³-hybridized carbons (Fsp3) is 0.550. The zero-order chi connectivity index (χ0) is 19.6. The number of ether oxygens (including phenoxy) is 3. The molecule has 1 heterocycles. The van der Waals surface area contributed by atoms with Crippen molar-refractivity contribution >= 4 is 5.91 Å². The minimum absolute atomic E-state index is 0.250. The summed E-state index contributed by atoms with van der Waals surface area (Å²) in [6.07, 6.45) is -0.258. The van der Waals surface area contributed by atoms with Crippen molar-refractivity contribution in [3.05, 3.63) is 48.6 Å². The van der Waals surface area contributed by atoms with Crippen LogP contribution in [0.3, 0.4) is 0 Å². The highest BCUT2D eigenvalue weighted by Gasteiger charge is 2.46. The Kier molecular flexibility index (Phi) is 8.90. The third-order valence-corrected chi connectivity index (χ3v) is 4.34. The van der Waals surface area contributed by atoms with E-state index in [1.807, 2.05) is 30.3 Å². The fourth-order valence-electron chi connectivity index (χ4n) is 2.99. The molecular formula is C20H29NO6. The maximum absolute atomic E-state index is 11.7. The summed E-state index contributed by atoms with van der Waals surface area (Å²) in [7, 11) is 0. The lowest BCUT2D eigenvalue weighted by Crippen LogP contribution is -2.65. The topological polar surface area (TPSA) is 97.2 Å². The van der Waals surface area contributed by atoms with Crippen LogP contribution in [0.15, 0.2) is 43.0 Å². The molecule has 1 fully saturated rings. The van der Waals surface area contributed by atoms with Crippen LogP contribution in [0, 0.1) is 0 Å². The molecule has 1 aromatic rings. The Morgan fingerprint density at radius 3 is 2.70 bits per heavy atom. The van der Waals surface area contributed by atoms with Crippen LogP contribution in [-0.4, -0.2) is 60.0 Å². The Balaban J connectivity index is 2.12. The molecule has 1 aliphatic heterocycles. The van der Waals surface area contributed by atoms with Crippen LogP contribution in [0.5, 0.6) is 0 Å². The van der Waals surface area contributed by atoms with Gasteiger partial charge in [-0.05, 0) is 18.4 Å². The Morgan fingerprint density at radius 2 is 2.07 bits per heavy atom. The molecule has 0 aliphatic carbocycles. The van der Waals surface area contributed by atoms with E-state index in [1.165, 1.54) is 6.92 Å². The third kappa shape index (κ3) is 6.41. The Morgan fingerprint density at radius 1 is 1.33 bits per heavy atom. The van der Waals surface area contributed by atoms with Gasteiger partial charge < -0.3 is 29.7 Å². The molecule has 7 heteroatoms. The zero-order valence-corrected chi connectivity index (χ0v) is 15.6. The number of carbonyl (C=O) groups is 1. The van der Waals surface area contributed by atoms with Crippen molar-refractivity contribution < 1.29 is 29.2 Å². The van der Waals surface area contributed by atoms with Crippen molar-refractivity contribution in [3.8, 4) is 0 Å². The van der Waals surface area contributed by atoms with Gasteiger partial charge in [0.05, 0.1) is 19.8 Å². The summed E-state index contributed by atoms with van der Waals surface area (Å²) in [6.45, 7) is 5.31. The van der Waals surface area contributed by atoms with Gasteiger partial charge in [0.15, 0.2) is 6.29 Å². The highest BCUT2D eigenvalue weighted by molar-refractivity contribution is 5.73. The number of rotatable bonds is 10. The summed E-state index contributed by atoms with van der Waals surface area (Å²) in [5, 5.41) is 22.9. The Bertz CT molecular complexity index is 581. The summed E-state index contributed by atoms with van der Waals surface area (Å²) in [5.41, 5.74) is 0.932. The fourth-order valence-corrected chi connectivity index (χ4v) is 2.99. The Hall–Kier alpha value is -1.77.